The van der Waals surface area contributed by atoms with Gasteiger partial charge in [0.05, 0.1) is 25.5 Å². The van der Waals surface area contributed by atoms with Gasteiger partial charge in [-0.3, -0.25) is 9.78 Å². The van der Waals surface area contributed by atoms with Crippen LogP contribution in [0.2, 0.25) is 5.15 Å². The number of aromatic nitrogens is 2. The van der Waals surface area contributed by atoms with Crippen molar-refractivity contribution < 1.29 is 19.2 Å². The van der Waals surface area contributed by atoms with Crippen LogP contribution in [0.5, 0.6) is 5.75 Å². The van der Waals surface area contributed by atoms with E-state index in [2.05, 4.69) is 15.5 Å². The molecule has 8 heteroatoms. The number of ether oxygens (including phenoxy) is 1. The number of nitrogens with one attached hydrogen (secondary N) is 1. The molecular weight excluding hydrogens is 346 g/mol. The molecule has 7 nitrogen and oxygen atoms in total. The van der Waals surface area contributed by atoms with Crippen LogP contribution in [0.3, 0.4) is 0 Å². The van der Waals surface area contributed by atoms with E-state index in [0.717, 1.165) is 5.56 Å². The molecule has 134 valence electrons. The predicted octanol–water partition coefficient (Wildman–Crippen LogP) is 2.29. The molecule has 0 radical (unpaired) electrons. The first-order valence-electron chi connectivity index (χ1n) is 8.12. The second-order valence-electron chi connectivity index (χ2n) is 6.20. The number of hydrogen-bond donors (Lipinski definition) is 2. The van der Waals surface area contributed by atoms with Crippen LogP contribution >= 0.6 is 11.6 Å². The number of carbonyl (C=O) groups excluding carboxylic acids is 1. The van der Waals surface area contributed by atoms with E-state index in [9.17, 15) is 9.90 Å². The third kappa shape index (κ3) is 4.49. The third-order valence-electron chi connectivity index (χ3n) is 4.40. The zero-order valence-electron chi connectivity index (χ0n) is 13.8. The maximum Gasteiger partial charge on any atom is 0.220 e. The van der Waals surface area contributed by atoms with Crippen LogP contribution in [0.1, 0.15) is 36.6 Å². The van der Waals surface area contributed by atoms with Gasteiger partial charge in [0.15, 0.2) is 5.15 Å². The number of hydrogen-bond acceptors (Lipinski definition) is 6. The Kier molecular flexibility index (Phi) is 5.55. The SMILES string of the molecule is COc1cncc(C(NC(=O)CCc2cc(Cl)no2)C2CC(O)C2)c1. The summed E-state index contributed by atoms with van der Waals surface area (Å²) in [6.07, 6.45) is 5.01. The highest BCUT2D eigenvalue weighted by Gasteiger charge is 2.36. The van der Waals surface area contributed by atoms with Gasteiger partial charge in [-0.1, -0.05) is 16.8 Å². The van der Waals surface area contributed by atoms with Gasteiger partial charge in [0.25, 0.3) is 0 Å². The van der Waals surface area contributed by atoms with Crippen molar-refractivity contribution in [3.8, 4) is 5.75 Å². The number of amides is 1. The Labute approximate surface area is 150 Å². The molecule has 3 rings (SSSR count). The van der Waals surface area contributed by atoms with E-state index in [1.807, 2.05) is 6.07 Å². The number of rotatable bonds is 7. The predicted molar refractivity (Wildman–Crippen MR) is 90.2 cm³/mol. The van der Waals surface area contributed by atoms with Gasteiger partial charge in [-0.25, -0.2) is 0 Å². The van der Waals surface area contributed by atoms with Crippen molar-refractivity contribution in [3.63, 3.8) is 0 Å². The Morgan fingerprint density at radius 1 is 1.48 bits per heavy atom. The maximum atomic E-state index is 12.4. The highest BCUT2D eigenvalue weighted by Crippen LogP contribution is 2.38. The van der Waals surface area contributed by atoms with E-state index in [1.54, 1.807) is 25.6 Å². The van der Waals surface area contributed by atoms with Gasteiger partial charge in [-0.2, -0.15) is 0 Å². The van der Waals surface area contributed by atoms with Gasteiger partial charge in [0.2, 0.25) is 5.91 Å². The molecule has 1 amide bonds. The minimum absolute atomic E-state index is 0.110. The summed E-state index contributed by atoms with van der Waals surface area (Å²) >= 11 is 5.70. The summed E-state index contributed by atoms with van der Waals surface area (Å²) in [5.41, 5.74) is 0.868. The second-order valence-corrected chi connectivity index (χ2v) is 6.59. The molecule has 1 atom stereocenters. The molecule has 0 aliphatic heterocycles. The lowest BCUT2D eigenvalue weighted by molar-refractivity contribution is -0.123. The van der Waals surface area contributed by atoms with Crippen molar-refractivity contribution in [3.05, 3.63) is 41.0 Å². The Morgan fingerprint density at radius 3 is 2.92 bits per heavy atom. The molecule has 2 aromatic heterocycles. The quantitative estimate of drug-likeness (QED) is 0.781. The zero-order chi connectivity index (χ0) is 17.8. The number of nitrogens with zero attached hydrogens (tertiary/aromatic N) is 2. The first-order chi connectivity index (χ1) is 12.0. The highest BCUT2D eigenvalue weighted by molar-refractivity contribution is 6.29. The van der Waals surface area contributed by atoms with E-state index in [1.165, 1.54) is 0 Å². The summed E-state index contributed by atoms with van der Waals surface area (Å²) in [6.45, 7) is 0. The van der Waals surface area contributed by atoms with E-state index < -0.39 is 0 Å². The molecule has 1 fully saturated rings. The topological polar surface area (TPSA) is 97.5 Å². The van der Waals surface area contributed by atoms with Crippen LogP contribution in [0.15, 0.2) is 29.0 Å². The van der Waals surface area contributed by atoms with Gasteiger partial charge in [0.1, 0.15) is 11.5 Å². The Morgan fingerprint density at radius 2 is 2.28 bits per heavy atom. The first-order valence-corrected chi connectivity index (χ1v) is 8.50. The van der Waals surface area contributed by atoms with Gasteiger partial charge in [0, 0.05) is 25.1 Å². The lowest BCUT2D eigenvalue weighted by Gasteiger charge is -2.38. The molecule has 2 aromatic rings. The van der Waals surface area contributed by atoms with E-state index >= 15 is 0 Å². The number of halogens is 1. The number of methoxy groups -OCH3 is 1. The van der Waals surface area contributed by atoms with E-state index in [0.29, 0.717) is 30.8 Å². The van der Waals surface area contributed by atoms with Crippen LogP contribution in [0.4, 0.5) is 0 Å². The van der Waals surface area contributed by atoms with E-state index in [4.69, 9.17) is 20.9 Å². The van der Waals surface area contributed by atoms with Gasteiger partial charge in [-0.05, 0) is 30.4 Å². The van der Waals surface area contributed by atoms with Crippen molar-refractivity contribution in [2.24, 2.45) is 5.92 Å². The fourth-order valence-corrected chi connectivity index (χ4v) is 3.14. The summed E-state index contributed by atoms with van der Waals surface area (Å²) in [5, 5.41) is 16.5. The summed E-state index contributed by atoms with van der Waals surface area (Å²) in [5.74, 6) is 1.26. The molecule has 1 aliphatic rings. The Hall–Kier alpha value is -2.12. The second kappa shape index (κ2) is 7.84. The first kappa shape index (κ1) is 17.7. The van der Waals surface area contributed by atoms with Crippen LogP contribution in [-0.2, 0) is 11.2 Å². The molecule has 1 unspecified atom stereocenters. The molecule has 0 aromatic carbocycles. The lowest BCUT2D eigenvalue weighted by atomic mass is 9.75. The van der Waals surface area contributed by atoms with Crippen molar-refractivity contribution in [1.29, 1.82) is 0 Å². The average molecular weight is 366 g/mol. The molecule has 1 saturated carbocycles. The Bertz CT molecular complexity index is 730. The van der Waals surface area contributed by atoms with Gasteiger partial charge < -0.3 is 19.7 Å². The number of carbonyl (C=O) groups is 1. The molecule has 0 saturated heterocycles. The molecule has 2 heterocycles. The highest BCUT2D eigenvalue weighted by atomic mass is 35.5. The molecule has 1 aliphatic carbocycles. The van der Waals surface area contributed by atoms with Gasteiger partial charge in [-0.15, -0.1) is 0 Å². The Balaban J connectivity index is 1.65. The normalized spacial score (nSPS) is 20.6. The standard InChI is InChI=1S/C17H20ClN3O4/c1-24-14-6-11(8-19-9-14)17(10-4-12(22)5-10)20-16(23)3-2-13-7-15(18)21-25-13/h6-10,12,17,22H,2-5H2,1H3,(H,20,23). The fraction of sp³-hybridized carbons (Fsp3) is 0.471. The molecular formula is C17H20ClN3O4. The smallest absolute Gasteiger partial charge is 0.220 e. The number of aryl methyl sites for hydroxylation is 1. The lowest BCUT2D eigenvalue weighted by Crippen LogP contribution is -2.41. The number of aliphatic hydroxyl groups is 1. The minimum atomic E-state index is -0.306. The monoisotopic (exact) mass is 365 g/mol. The number of pyridine rings is 1. The van der Waals surface area contributed by atoms with Crippen molar-refractivity contribution >= 4 is 17.5 Å². The molecule has 0 bridgehead atoms. The number of aliphatic hydroxyl groups excluding tert-OH is 1. The zero-order valence-corrected chi connectivity index (χ0v) is 14.6. The van der Waals surface area contributed by atoms with Crippen molar-refractivity contribution in [2.75, 3.05) is 7.11 Å². The maximum absolute atomic E-state index is 12.4. The summed E-state index contributed by atoms with van der Waals surface area (Å²) in [4.78, 5) is 16.5. The van der Waals surface area contributed by atoms with Crippen LogP contribution in [-0.4, -0.2) is 34.4 Å². The van der Waals surface area contributed by atoms with Crippen molar-refractivity contribution in [1.82, 2.24) is 15.5 Å². The summed E-state index contributed by atoms with van der Waals surface area (Å²) in [7, 11) is 1.57. The minimum Gasteiger partial charge on any atom is -0.495 e. The van der Waals surface area contributed by atoms with Crippen LogP contribution in [0.25, 0.3) is 0 Å². The van der Waals surface area contributed by atoms with Crippen LogP contribution < -0.4 is 10.1 Å². The average Bonchev–Trinajstić information content (AvgIpc) is 3.01. The van der Waals surface area contributed by atoms with Gasteiger partial charge >= 0.3 is 0 Å². The summed E-state index contributed by atoms with van der Waals surface area (Å²) in [6, 6.07) is 3.25. The molecule has 25 heavy (non-hydrogen) atoms. The summed E-state index contributed by atoms with van der Waals surface area (Å²) < 4.78 is 10.2. The molecule has 0 spiro atoms. The fourth-order valence-electron chi connectivity index (χ4n) is 2.98. The molecule has 2 N–H and O–H groups in total. The van der Waals surface area contributed by atoms with Crippen molar-refractivity contribution in [2.45, 2.75) is 37.8 Å². The largest absolute Gasteiger partial charge is 0.495 e. The third-order valence-corrected chi connectivity index (χ3v) is 4.57. The van der Waals surface area contributed by atoms with E-state index in [-0.39, 0.29) is 35.5 Å². The van der Waals surface area contributed by atoms with Crippen LogP contribution in [0, 0.1) is 5.92 Å².